The van der Waals surface area contributed by atoms with Gasteiger partial charge in [-0.25, -0.2) is 4.98 Å². The summed E-state index contributed by atoms with van der Waals surface area (Å²) in [5.41, 5.74) is 0. The summed E-state index contributed by atoms with van der Waals surface area (Å²) in [7, 11) is 0. The second kappa shape index (κ2) is 6.56. The number of hydrogen-bond donors (Lipinski definition) is 1. The number of nitrogens with one attached hydrogen (secondary N) is 1. The number of nitrogens with zero attached hydrogens (tertiary/aromatic N) is 3. The molecule has 0 spiro atoms. The van der Waals surface area contributed by atoms with Crippen LogP contribution in [0.4, 0.5) is 0 Å². The van der Waals surface area contributed by atoms with Crippen molar-refractivity contribution in [2.45, 2.75) is 58.7 Å². The highest BCUT2D eigenvalue weighted by atomic mass is 15.3. The minimum absolute atomic E-state index is 0.538. The third-order valence-corrected chi connectivity index (χ3v) is 2.55. The Kier molecular flexibility index (Phi) is 5.32. The third kappa shape index (κ3) is 4.93. The standard InChI is InChI=1S/C11H22N4/c1-4-5-10(2)14-11(3)6-7-15-9-12-8-13-15/h8-11,14H,4-7H2,1-3H3. The molecule has 0 fully saturated rings. The van der Waals surface area contributed by atoms with Gasteiger partial charge >= 0.3 is 0 Å². The van der Waals surface area contributed by atoms with Gasteiger partial charge in [-0.05, 0) is 26.7 Å². The van der Waals surface area contributed by atoms with Gasteiger partial charge in [-0.1, -0.05) is 13.3 Å². The first-order valence-electron chi connectivity index (χ1n) is 5.80. The van der Waals surface area contributed by atoms with Crippen LogP contribution >= 0.6 is 0 Å². The fourth-order valence-corrected chi connectivity index (χ4v) is 1.76. The van der Waals surface area contributed by atoms with Crippen molar-refractivity contribution in [3.63, 3.8) is 0 Å². The minimum atomic E-state index is 0.538. The van der Waals surface area contributed by atoms with E-state index >= 15 is 0 Å². The number of aromatic nitrogens is 3. The zero-order valence-corrected chi connectivity index (χ0v) is 9.98. The summed E-state index contributed by atoms with van der Waals surface area (Å²) in [6.45, 7) is 7.63. The van der Waals surface area contributed by atoms with Crippen LogP contribution in [0, 0.1) is 0 Å². The zero-order valence-electron chi connectivity index (χ0n) is 9.98. The summed E-state index contributed by atoms with van der Waals surface area (Å²) >= 11 is 0. The lowest BCUT2D eigenvalue weighted by Crippen LogP contribution is -2.35. The summed E-state index contributed by atoms with van der Waals surface area (Å²) < 4.78 is 1.88. The van der Waals surface area contributed by atoms with E-state index in [1.165, 1.54) is 12.8 Å². The molecule has 1 aromatic heterocycles. The molecule has 1 heterocycles. The molecule has 0 amide bonds. The number of rotatable bonds is 7. The Labute approximate surface area is 92.1 Å². The Hall–Kier alpha value is -0.900. The SMILES string of the molecule is CCCC(C)NC(C)CCn1cncn1. The molecule has 0 bridgehead atoms. The Morgan fingerprint density at radius 1 is 1.27 bits per heavy atom. The Bertz CT molecular complexity index is 245. The molecule has 2 unspecified atom stereocenters. The van der Waals surface area contributed by atoms with Crippen molar-refractivity contribution in [2.75, 3.05) is 0 Å². The van der Waals surface area contributed by atoms with Crippen LogP contribution in [0.3, 0.4) is 0 Å². The highest BCUT2D eigenvalue weighted by Gasteiger charge is 2.06. The van der Waals surface area contributed by atoms with Gasteiger partial charge in [0, 0.05) is 18.6 Å². The van der Waals surface area contributed by atoms with Gasteiger partial charge in [-0.2, -0.15) is 5.10 Å². The highest BCUT2D eigenvalue weighted by Crippen LogP contribution is 2.00. The van der Waals surface area contributed by atoms with Crippen LogP contribution in [-0.2, 0) is 6.54 Å². The molecule has 0 radical (unpaired) electrons. The van der Waals surface area contributed by atoms with Crippen LogP contribution in [0.2, 0.25) is 0 Å². The van der Waals surface area contributed by atoms with E-state index in [4.69, 9.17) is 0 Å². The third-order valence-electron chi connectivity index (χ3n) is 2.55. The molecular formula is C11H22N4. The minimum Gasteiger partial charge on any atom is -0.312 e. The van der Waals surface area contributed by atoms with Crippen molar-refractivity contribution in [3.05, 3.63) is 12.7 Å². The van der Waals surface area contributed by atoms with E-state index in [1.54, 1.807) is 12.7 Å². The second-order valence-corrected chi connectivity index (χ2v) is 4.20. The molecule has 1 N–H and O–H groups in total. The van der Waals surface area contributed by atoms with Crippen molar-refractivity contribution >= 4 is 0 Å². The van der Waals surface area contributed by atoms with Crippen molar-refractivity contribution < 1.29 is 0 Å². The summed E-state index contributed by atoms with van der Waals surface area (Å²) in [5, 5.41) is 7.66. The van der Waals surface area contributed by atoms with Crippen LogP contribution in [0.1, 0.15) is 40.0 Å². The molecular weight excluding hydrogens is 188 g/mol. The van der Waals surface area contributed by atoms with Crippen molar-refractivity contribution in [1.82, 2.24) is 20.1 Å². The highest BCUT2D eigenvalue weighted by molar-refractivity contribution is 4.67. The maximum absolute atomic E-state index is 4.08. The molecule has 15 heavy (non-hydrogen) atoms. The lowest BCUT2D eigenvalue weighted by Gasteiger charge is -2.19. The van der Waals surface area contributed by atoms with Gasteiger partial charge in [-0.15, -0.1) is 0 Å². The summed E-state index contributed by atoms with van der Waals surface area (Å²) in [5.74, 6) is 0. The van der Waals surface area contributed by atoms with Crippen LogP contribution < -0.4 is 5.32 Å². The molecule has 4 nitrogen and oxygen atoms in total. The van der Waals surface area contributed by atoms with Gasteiger partial charge in [0.05, 0.1) is 0 Å². The predicted molar refractivity (Wildman–Crippen MR) is 61.6 cm³/mol. The molecule has 4 heteroatoms. The van der Waals surface area contributed by atoms with Gasteiger partial charge in [0.15, 0.2) is 0 Å². The molecule has 0 aliphatic rings. The van der Waals surface area contributed by atoms with Crippen LogP contribution in [0.5, 0.6) is 0 Å². The van der Waals surface area contributed by atoms with Crippen molar-refractivity contribution in [2.24, 2.45) is 0 Å². The zero-order chi connectivity index (χ0) is 11.1. The smallest absolute Gasteiger partial charge is 0.137 e. The average Bonchev–Trinajstić information content (AvgIpc) is 2.67. The Morgan fingerprint density at radius 2 is 2.00 bits per heavy atom. The Morgan fingerprint density at radius 3 is 2.60 bits per heavy atom. The monoisotopic (exact) mass is 210 g/mol. The summed E-state index contributed by atoms with van der Waals surface area (Å²) in [4.78, 5) is 3.92. The molecule has 0 aliphatic heterocycles. The second-order valence-electron chi connectivity index (χ2n) is 4.20. The molecule has 0 aliphatic carbocycles. The first kappa shape index (κ1) is 12.2. The first-order chi connectivity index (χ1) is 7.22. The topological polar surface area (TPSA) is 42.7 Å². The van der Waals surface area contributed by atoms with Gasteiger partial charge in [-0.3, -0.25) is 4.68 Å². The van der Waals surface area contributed by atoms with E-state index in [1.807, 2.05) is 4.68 Å². The molecule has 0 aromatic carbocycles. The normalized spacial score (nSPS) is 15.1. The molecule has 0 saturated heterocycles. The fourth-order valence-electron chi connectivity index (χ4n) is 1.76. The van der Waals surface area contributed by atoms with Gasteiger partial charge in [0.25, 0.3) is 0 Å². The summed E-state index contributed by atoms with van der Waals surface area (Å²) in [6, 6.07) is 1.15. The quantitative estimate of drug-likeness (QED) is 0.746. The molecule has 0 saturated carbocycles. The van der Waals surface area contributed by atoms with E-state index in [0.717, 1.165) is 13.0 Å². The van der Waals surface area contributed by atoms with E-state index in [-0.39, 0.29) is 0 Å². The average molecular weight is 210 g/mol. The number of aryl methyl sites for hydroxylation is 1. The molecule has 1 aromatic rings. The predicted octanol–water partition coefficient (Wildman–Crippen LogP) is 1.83. The summed E-state index contributed by atoms with van der Waals surface area (Å²) in [6.07, 6.45) is 6.93. The number of hydrogen-bond acceptors (Lipinski definition) is 3. The lowest BCUT2D eigenvalue weighted by molar-refractivity contribution is 0.401. The van der Waals surface area contributed by atoms with Gasteiger partial charge < -0.3 is 5.32 Å². The van der Waals surface area contributed by atoms with E-state index < -0.39 is 0 Å². The van der Waals surface area contributed by atoms with Gasteiger partial charge in [0.1, 0.15) is 12.7 Å². The van der Waals surface area contributed by atoms with Gasteiger partial charge in [0.2, 0.25) is 0 Å². The Balaban J connectivity index is 2.15. The molecule has 86 valence electrons. The van der Waals surface area contributed by atoms with Crippen LogP contribution in [0.25, 0.3) is 0 Å². The van der Waals surface area contributed by atoms with E-state index in [2.05, 4.69) is 36.2 Å². The fraction of sp³-hybridized carbons (Fsp3) is 0.818. The first-order valence-corrected chi connectivity index (χ1v) is 5.80. The van der Waals surface area contributed by atoms with Crippen molar-refractivity contribution in [1.29, 1.82) is 0 Å². The van der Waals surface area contributed by atoms with Crippen molar-refractivity contribution in [3.8, 4) is 0 Å². The van der Waals surface area contributed by atoms with Crippen LogP contribution in [-0.4, -0.2) is 26.8 Å². The van der Waals surface area contributed by atoms with E-state index in [9.17, 15) is 0 Å². The molecule has 2 atom stereocenters. The van der Waals surface area contributed by atoms with E-state index in [0.29, 0.717) is 12.1 Å². The molecule has 1 rings (SSSR count). The lowest BCUT2D eigenvalue weighted by atomic mass is 10.1. The maximum Gasteiger partial charge on any atom is 0.137 e. The van der Waals surface area contributed by atoms with Crippen LogP contribution in [0.15, 0.2) is 12.7 Å². The largest absolute Gasteiger partial charge is 0.312 e. The maximum atomic E-state index is 4.08.